The zero-order valence-corrected chi connectivity index (χ0v) is 46.9. The first-order chi connectivity index (χ1) is 30.9. The van der Waals surface area contributed by atoms with Gasteiger partial charge in [-0.15, -0.1) is 63.3 Å². The Morgan fingerprint density at radius 3 is 1.15 bits per heavy atom. The van der Waals surface area contributed by atoms with Crippen molar-refractivity contribution in [3.63, 3.8) is 0 Å². The van der Waals surface area contributed by atoms with Gasteiger partial charge in [0.05, 0.1) is 22.8 Å². The van der Waals surface area contributed by atoms with Gasteiger partial charge < -0.3 is 19.9 Å². The SMILES string of the molecule is C.CCC1=C(CC)c2cc3[n-]c(cc4nc(cc5[n-]c(cc1n2)c(CC)c5CC)C(CC)=C4CC)c(CC)c3CC.[Ir].[Pt+2].[Pt].[c-]1ccccc1-c1ccccn1.[c-]1ccsc1-c1ccccn1. The number of hydrogen-bond donors (Lipinski definition) is 0. The van der Waals surface area contributed by atoms with Crippen molar-refractivity contribution >= 4 is 55.7 Å². The second-order valence-electron chi connectivity index (χ2n) is 15.4. The minimum atomic E-state index is 0. The molecule has 2 aliphatic rings. The molecule has 357 valence electrons. The van der Waals surface area contributed by atoms with Crippen LogP contribution < -0.4 is 9.97 Å². The van der Waals surface area contributed by atoms with E-state index in [1.807, 2.05) is 72.1 Å². The molecule has 2 aliphatic heterocycles. The number of aromatic nitrogens is 6. The molecule has 8 heterocycles. The standard InChI is InChI=1S/C36H44N4.C11H8N.C9H6NS.CH4.Ir.2Pt/c1-9-21-22(10-2)30-18-32-25(13-5)26(14-6)34(39-32)20-36-28(16-8)27(15-7)35(40-36)19-33-24(12-4)23(11-3)31(38-33)17-29(21)37-30;1-2-6-10(7-3-1)11-8-4-5-9-12-11;1-2-6-10-8(4-1)9-5-3-7-11-9;;;;/h17-20H,9-16H2,1-8H3;1-6,8-9H;1-4,6-7H;1H4;;;/q-2;2*-1;;;;+2. The van der Waals surface area contributed by atoms with Crippen LogP contribution in [0.3, 0.4) is 0 Å². The van der Waals surface area contributed by atoms with Crippen LogP contribution in [0.4, 0.5) is 0 Å². The molecule has 0 spiro atoms. The van der Waals surface area contributed by atoms with Crippen molar-refractivity contribution in [1.29, 1.82) is 0 Å². The topological polar surface area (TPSA) is 79.8 Å². The van der Waals surface area contributed by atoms with Crippen LogP contribution in [0, 0.1) is 12.1 Å². The summed E-state index contributed by atoms with van der Waals surface area (Å²) >= 11 is 1.66. The van der Waals surface area contributed by atoms with Crippen LogP contribution in [0.5, 0.6) is 0 Å². The maximum absolute atomic E-state index is 5.25. The molecule has 0 N–H and O–H groups in total. The normalized spacial score (nSPS) is 11.5. The van der Waals surface area contributed by atoms with E-state index in [0.29, 0.717) is 0 Å². The summed E-state index contributed by atoms with van der Waals surface area (Å²) in [6, 6.07) is 36.7. The van der Waals surface area contributed by atoms with Crippen molar-refractivity contribution in [2.24, 2.45) is 0 Å². The molecule has 9 rings (SSSR count). The van der Waals surface area contributed by atoms with Gasteiger partial charge >= 0.3 is 21.1 Å². The summed E-state index contributed by atoms with van der Waals surface area (Å²) in [5, 5.41) is 2.00. The van der Waals surface area contributed by atoms with Crippen molar-refractivity contribution in [2.75, 3.05) is 0 Å². The first-order valence-electron chi connectivity index (χ1n) is 22.8. The van der Waals surface area contributed by atoms with Crippen LogP contribution in [0.1, 0.15) is 134 Å². The van der Waals surface area contributed by atoms with Gasteiger partial charge in [-0.25, -0.2) is 21.3 Å². The average Bonchev–Trinajstić information content (AvgIpc) is 4.17. The molecule has 1 radical (unpaired) electrons. The van der Waals surface area contributed by atoms with E-state index in [9.17, 15) is 0 Å². The van der Waals surface area contributed by atoms with Crippen molar-refractivity contribution in [1.82, 2.24) is 29.9 Å². The van der Waals surface area contributed by atoms with Gasteiger partial charge in [0.15, 0.2) is 0 Å². The molecule has 0 saturated heterocycles. The van der Waals surface area contributed by atoms with E-state index in [1.165, 1.54) is 44.5 Å². The molecule has 0 aliphatic carbocycles. The number of benzene rings is 1. The monoisotopic (exact) mass is 1450 g/mol. The van der Waals surface area contributed by atoms with E-state index in [4.69, 9.17) is 19.9 Å². The summed E-state index contributed by atoms with van der Waals surface area (Å²) < 4.78 is 0. The van der Waals surface area contributed by atoms with Gasteiger partial charge in [0.2, 0.25) is 0 Å². The molecule has 7 aromatic rings. The van der Waals surface area contributed by atoms with Gasteiger partial charge in [0.1, 0.15) is 0 Å². The van der Waals surface area contributed by atoms with E-state index in [1.54, 1.807) is 23.7 Å². The molecule has 0 unspecified atom stereocenters. The maximum atomic E-state index is 5.25. The molecule has 0 fully saturated rings. The van der Waals surface area contributed by atoms with Crippen molar-refractivity contribution in [2.45, 2.75) is 114 Å². The summed E-state index contributed by atoms with van der Waals surface area (Å²) in [5.74, 6) is 0. The molecule has 0 atom stereocenters. The number of hydrogen-bond acceptors (Lipinski definition) is 5. The van der Waals surface area contributed by atoms with Crippen molar-refractivity contribution in [3.8, 4) is 21.8 Å². The smallest absolute Gasteiger partial charge is 0.657 e. The Morgan fingerprint density at radius 2 is 0.851 bits per heavy atom. The van der Waals surface area contributed by atoms with Crippen LogP contribution in [0.25, 0.3) is 66.2 Å². The van der Waals surface area contributed by atoms with Crippen molar-refractivity contribution in [3.05, 3.63) is 166 Å². The largest absolute Gasteiger partial charge is 2.00 e. The Hall–Kier alpha value is -4.15. The molecular weight excluding hydrogens is 1380 g/mol. The van der Waals surface area contributed by atoms with Gasteiger partial charge in [-0.2, -0.15) is 12.1 Å². The predicted molar refractivity (Wildman–Crippen MR) is 273 cm³/mol. The second kappa shape index (κ2) is 27.7. The minimum absolute atomic E-state index is 0. The summed E-state index contributed by atoms with van der Waals surface area (Å²) in [7, 11) is 0. The fourth-order valence-corrected chi connectivity index (χ4v) is 9.53. The molecular formula is C57H62IrN6Pt2S-2. The first kappa shape index (κ1) is 57.2. The van der Waals surface area contributed by atoms with Gasteiger partial charge in [-0.3, -0.25) is 0 Å². The molecule has 67 heavy (non-hydrogen) atoms. The molecule has 0 amide bonds. The zero-order valence-electron chi connectivity index (χ0n) is 39.1. The third kappa shape index (κ3) is 12.9. The molecule has 1 aromatic carbocycles. The number of aryl methyl sites for hydroxylation is 4. The molecule has 0 saturated carbocycles. The Labute approximate surface area is 446 Å². The van der Waals surface area contributed by atoms with E-state index >= 15 is 0 Å². The van der Waals surface area contributed by atoms with Crippen LogP contribution in [-0.2, 0) is 87.9 Å². The molecule has 8 bridgehead atoms. The van der Waals surface area contributed by atoms with Gasteiger partial charge in [0, 0.05) is 53.6 Å². The number of allylic oxidation sites excluding steroid dienone is 4. The Balaban J connectivity index is 0.000000359. The molecule has 6 nitrogen and oxygen atoms in total. The van der Waals surface area contributed by atoms with Crippen molar-refractivity contribution < 1.29 is 62.2 Å². The quantitative estimate of drug-likeness (QED) is 0.127. The first-order valence-corrected chi connectivity index (χ1v) is 23.6. The van der Waals surface area contributed by atoms with Crippen LogP contribution in [0.2, 0.25) is 0 Å². The predicted octanol–water partition coefficient (Wildman–Crippen LogP) is 15.1. The third-order valence-corrected chi connectivity index (χ3v) is 12.7. The van der Waals surface area contributed by atoms with Crippen LogP contribution in [-0.4, -0.2) is 19.9 Å². The Bertz CT molecular complexity index is 2590. The second-order valence-corrected chi connectivity index (χ2v) is 16.3. The Kier molecular flexibility index (Phi) is 23.7. The Morgan fingerprint density at radius 1 is 0.463 bits per heavy atom. The van der Waals surface area contributed by atoms with E-state index in [2.05, 4.69) is 102 Å². The van der Waals surface area contributed by atoms with Crippen LogP contribution in [0.15, 0.2) is 109 Å². The number of thiophene rings is 1. The maximum Gasteiger partial charge on any atom is 2.00 e. The van der Waals surface area contributed by atoms with E-state index in [0.717, 1.165) is 118 Å². The van der Waals surface area contributed by atoms with Gasteiger partial charge in [-0.1, -0.05) is 138 Å². The summed E-state index contributed by atoms with van der Waals surface area (Å²) in [5.41, 5.74) is 22.2. The fraction of sp³-hybridized carbons (Fsp3) is 0.298. The number of fused-ring (bicyclic) bond motifs is 8. The number of rotatable bonds is 10. The molecule has 6 aromatic heterocycles. The average molecular weight is 1450 g/mol. The zero-order chi connectivity index (χ0) is 44.3. The van der Waals surface area contributed by atoms with Gasteiger partial charge in [-0.05, 0) is 97.2 Å². The number of pyridine rings is 2. The summed E-state index contributed by atoms with van der Waals surface area (Å²) in [6.45, 7) is 17.9. The third-order valence-electron chi connectivity index (χ3n) is 11.8. The fourth-order valence-electron chi connectivity index (χ4n) is 8.88. The summed E-state index contributed by atoms with van der Waals surface area (Å²) in [6.07, 6.45) is 11.2. The number of nitrogens with zero attached hydrogens (tertiary/aromatic N) is 6. The van der Waals surface area contributed by atoms with E-state index < -0.39 is 0 Å². The molecule has 10 heteroatoms. The van der Waals surface area contributed by atoms with Gasteiger partial charge in [0.25, 0.3) is 0 Å². The summed E-state index contributed by atoms with van der Waals surface area (Å²) in [4.78, 5) is 30.5. The minimum Gasteiger partial charge on any atom is -0.657 e. The van der Waals surface area contributed by atoms with E-state index in [-0.39, 0.29) is 69.7 Å². The van der Waals surface area contributed by atoms with Crippen LogP contribution >= 0.6 is 11.3 Å².